The van der Waals surface area contributed by atoms with Crippen molar-refractivity contribution in [3.8, 4) is 5.82 Å². The summed E-state index contributed by atoms with van der Waals surface area (Å²) in [6.07, 6.45) is 12.3. The summed E-state index contributed by atoms with van der Waals surface area (Å²) in [7, 11) is 0. The molecule has 4 rings (SSSR count). The van der Waals surface area contributed by atoms with Gasteiger partial charge in [0.1, 0.15) is 17.9 Å². The quantitative estimate of drug-likeness (QED) is 0.799. The zero-order chi connectivity index (χ0) is 14.1. The van der Waals surface area contributed by atoms with Crippen LogP contribution in [0.4, 0.5) is 5.69 Å². The van der Waals surface area contributed by atoms with Gasteiger partial charge in [-0.1, -0.05) is 0 Å². The van der Waals surface area contributed by atoms with Crippen molar-refractivity contribution in [2.75, 3.05) is 5.32 Å². The van der Waals surface area contributed by atoms with Crippen LogP contribution in [0.1, 0.15) is 30.2 Å². The highest BCUT2D eigenvalue weighted by atomic mass is 16.3. The molecule has 0 saturated heterocycles. The van der Waals surface area contributed by atoms with Crippen molar-refractivity contribution in [1.29, 1.82) is 0 Å². The minimum Gasteiger partial charge on any atom is -0.469 e. The number of aromatic nitrogens is 3. The molecule has 3 heterocycles. The minimum atomic E-state index is 0.313. The van der Waals surface area contributed by atoms with Crippen LogP contribution in [0.2, 0.25) is 0 Å². The van der Waals surface area contributed by atoms with E-state index in [2.05, 4.69) is 27.4 Å². The largest absolute Gasteiger partial charge is 0.469 e. The summed E-state index contributed by atoms with van der Waals surface area (Å²) < 4.78 is 7.41. The second kappa shape index (κ2) is 5.09. The maximum absolute atomic E-state index is 5.53. The number of fused-ring (bicyclic) bond motifs is 1. The molecule has 1 N–H and O–H groups in total. The fourth-order valence-corrected chi connectivity index (χ4v) is 2.86. The topological polar surface area (TPSA) is 55.9 Å². The summed E-state index contributed by atoms with van der Waals surface area (Å²) in [4.78, 5) is 8.50. The van der Waals surface area contributed by atoms with Gasteiger partial charge in [0.15, 0.2) is 0 Å². The molecule has 3 aromatic rings. The predicted molar refractivity (Wildman–Crippen MR) is 79.4 cm³/mol. The van der Waals surface area contributed by atoms with Crippen molar-refractivity contribution in [2.45, 2.75) is 25.3 Å². The van der Waals surface area contributed by atoms with Gasteiger partial charge in [0.2, 0.25) is 0 Å². The molecule has 0 amide bonds. The lowest BCUT2D eigenvalue weighted by Crippen LogP contribution is -2.16. The molecule has 1 aliphatic rings. The van der Waals surface area contributed by atoms with Crippen LogP contribution in [0.3, 0.4) is 0 Å². The van der Waals surface area contributed by atoms with E-state index in [1.54, 1.807) is 18.8 Å². The van der Waals surface area contributed by atoms with Gasteiger partial charge in [-0.2, -0.15) is 0 Å². The van der Waals surface area contributed by atoms with Crippen molar-refractivity contribution < 1.29 is 4.42 Å². The lowest BCUT2D eigenvalue weighted by Gasteiger charge is -2.23. The molecule has 21 heavy (non-hydrogen) atoms. The molecular weight excluding hydrogens is 264 g/mol. The van der Waals surface area contributed by atoms with Crippen LogP contribution < -0.4 is 5.32 Å². The van der Waals surface area contributed by atoms with Crippen LogP contribution >= 0.6 is 0 Å². The average Bonchev–Trinajstić information content (AvgIpc) is 3.20. The zero-order valence-corrected chi connectivity index (χ0v) is 11.6. The van der Waals surface area contributed by atoms with Crippen molar-refractivity contribution >= 4 is 5.69 Å². The number of nitrogens with zero attached hydrogens (tertiary/aromatic N) is 3. The molecule has 0 fully saturated rings. The summed E-state index contributed by atoms with van der Waals surface area (Å²) in [5.74, 6) is 1.98. The predicted octanol–water partition coefficient (Wildman–Crippen LogP) is 3.35. The van der Waals surface area contributed by atoms with E-state index in [1.807, 2.05) is 23.0 Å². The van der Waals surface area contributed by atoms with Gasteiger partial charge >= 0.3 is 0 Å². The Morgan fingerprint density at radius 2 is 2.29 bits per heavy atom. The molecule has 0 aromatic carbocycles. The Morgan fingerprint density at radius 3 is 3.10 bits per heavy atom. The molecule has 0 saturated carbocycles. The molecule has 1 unspecified atom stereocenters. The monoisotopic (exact) mass is 280 g/mol. The Bertz CT molecular complexity index is 715. The van der Waals surface area contributed by atoms with Crippen molar-refractivity contribution in [3.05, 3.63) is 60.7 Å². The molecule has 0 aliphatic heterocycles. The van der Waals surface area contributed by atoms with E-state index in [-0.39, 0.29) is 0 Å². The van der Waals surface area contributed by atoms with Gasteiger partial charge in [0.25, 0.3) is 0 Å². The lowest BCUT2D eigenvalue weighted by molar-refractivity contribution is 0.461. The van der Waals surface area contributed by atoms with E-state index < -0.39 is 0 Å². The maximum Gasteiger partial charge on any atom is 0.137 e. The minimum absolute atomic E-state index is 0.313. The van der Waals surface area contributed by atoms with Crippen LogP contribution in [0.5, 0.6) is 0 Å². The van der Waals surface area contributed by atoms with Gasteiger partial charge in [0, 0.05) is 24.4 Å². The molecule has 5 nitrogen and oxygen atoms in total. The highest BCUT2D eigenvalue weighted by Crippen LogP contribution is 2.33. The van der Waals surface area contributed by atoms with E-state index in [0.29, 0.717) is 6.04 Å². The third-order valence-corrected chi connectivity index (χ3v) is 3.91. The van der Waals surface area contributed by atoms with Crippen LogP contribution in [0.25, 0.3) is 5.82 Å². The van der Waals surface area contributed by atoms with E-state index >= 15 is 0 Å². The van der Waals surface area contributed by atoms with Crippen LogP contribution in [0.15, 0.2) is 53.8 Å². The van der Waals surface area contributed by atoms with Gasteiger partial charge in [0.05, 0.1) is 24.2 Å². The number of furan rings is 1. The number of nitrogens with one attached hydrogen (secondary N) is 1. The van der Waals surface area contributed by atoms with Crippen LogP contribution in [0, 0.1) is 0 Å². The molecule has 3 aromatic heterocycles. The molecule has 1 aliphatic carbocycles. The number of anilines is 1. The third kappa shape index (κ3) is 2.31. The summed E-state index contributed by atoms with van der Waals surface area (Å²) in [6, 6.07) is 6.42. The van der Waals surface area contributed by atoms with Gasteiger partial charge < -0.3 is 9.73 Å². The van der Waals surface area contributed by atoms with Crippen LogP contribution in [-0.4, -0.2) is 14.5 Å². The second-order valence-electron chi connectivity index (χ2n) is 5.26. The third-order valence-electron chi connectivity index (χ3n) is 3.91. The highest BCUT2D eigenvalue weighted by molar-refractivity contribution is 5.46. The highest BCUT2D eigenvalue weighted by Gasteiger charge is 2.22. The Balaban J connectivity index is 1.54. The Hall–Kier alpha value is -2.56. The first-order valence-corrected chi connectivity index (χ1v) is 7.17. The normalized spacial score (nSPS) is 17.4. The van der Waals surface area contributed by atoms with E-state index in [0.717, 1.165) is 36.5 Å². The Labute approximate surface area is 122 Å². The number of hydrogen-bond acceptors (Lipinski definition) is 4. The van der Waals surface area contributed by atoms with Crippen LogP contribution in [-0.2, 0) is 6.42 Å². The summed E-state index contributed by atoms with van der Waals surface area (Å²) >= 11 is 0. The standard InChI is InChI=1S/C16H16N4O/c1-2-14(13-6-9-21-15(13)3-1)19-12-4-5-16(18-10-12)20-8-7-17-11-20/h4-11,14,19H,1-3H2. The number of imidazole rings is 1. The first-order valence-electron chi connectivity index (χ1n) is 7.17. The smallest absolute Gasteiger partial charge is 0.137 e. The SMILES string of the molecule is c1cn(-c2ccc(NC3CCCc4occc43)cn2)cn1. The van der Waals surface area contributed by atoms with E-state index in [9.17, 15) is 0 Å². The summed E-state index contributed by atoms with van der Waals surface area (Å²) in [5.41, 5.74) is 2.30. The average molecular weight is 280 g/mol. The van der Waals surface area contributed by atoms with Crippen molar-refractivity contribution in [1.82, 2.24) is 14.5 Å². The van der Waals surface area contributed by atoms with E-state index in [1.165, 1.54) is 5.56 Å². The maximum atomic E-state index is 5.53. The first-order chi connectivity index (χ1) is 10.4. The van der Waals surface area contributed by atoms with Crippen molar-refractivity contribution in [2.24, 2.45) is 0 Å². The molecular formula is C16H16N4O. The van der Waals surface area contributed by atoms with Crippen molar-refractivity contribution in [3.63, 3.8) is 0 Å². The number of pyridine rings is 1. The van der Waals surface area contributed by atoms with Gasteiger partial charge in [-0.05, 0) is 31.0 Å². The molecule has 0 spiro atoms. The first kappa shape index (κ1) is 12.2. The molecule has 1 atom stereocenters. The van der Waals surface area contributed by atoms with Gasteiger partial charge in [-0.25, -0.2) is 9.97 Å². The second-order valence-corrected chi connectivity index (χ2v) is 5.26. The van der Waals surface area contributed by atoms with Gasteiger partial charge in [-0.3, -0.25) is 4.57 Å². The fourth-order valence-electron chi connectivity index (χ4n) is 2.86. The van der Waals surface area contributed by atoms with Gasteiger partial charge in [-0.15, -0.1) is 0 Å². The molecule has 0 bridgehead atoms. The molecule has 0 radical (unpaired) electrons. The number of aryl methyl sites for hydroxylation is 1. The summed E-state index contributed by atoms with van der Waals surface area (Å²) in [5, 5.41) is 3.55. The Morgan fingerprint density at radius 1 is 1.29 bits per heavy atom. The Kier molecular flexibility index (Phi) is 2.96. The van der Waals surface area contributed by atoms with E-state index in [4.69, 9.17) is 4.42 Å². The fraction of sp³-hybridized carbons (Fsp3) is 0.250. The zero-order valence-electron chi connectivity index (χ0n) is 11.6. The lowest BCUT2D eigenvalue weighted by atomic mass is 9.93. The summed E-state index contributed by atoms with van der Waals surface area (Å²) in [6.45, 7) is 0. The number of hydrogen-bond donors (Lipinski definition) is 1. The number of rotatable bonds is 3. The molecule has 106 valence electrons. The molecule has 5 heteroatoms.